The number of hydrogen-bond donors (Lipinski definition) is 1. The molecule has 0 radical (unpaired) electrons. The average Bonchev–Trinajstić information content (AvgIpc) is 3.30. The van der Waals surface area contributed by atoms with E-state index in [-0.39, 0.29) is 48.9 Å². The minimum atomic E-state index is -0.321. The topological polar surface area (TPSA) is 99.9 Å². The Bertz CT molecular complexity index is 717. The van der Waals surface area contributed by atoms with Gasteiger partial charge in [0.1, 0.15) is 12.3 Å². The van der Waals surface area contributed by atoms with Gasteiger partial charge >= 0.3 is 0 Å². The van der Waals surface area contributed by atoms with Crippen molar-refractivity contribution in [3.63, 3.8) is 0 Å². The molecule has 4 amide bonds. The largest absolute Gasteiger partial charge is 0.465 e. The third-order valence-corrected chi connectivity index (χ3v) is 4.90. The van der Waals surface area contributed by atoms with Crippen molar-refractivity contribution in [3.05, 3.63) is 30.2 Å². The van der Waals surface area contributed by atoms with Crippen molar-refractivity contribution in [2.75, 3.05) is 26.2 Å². The van der Waals surface area contributed by atoms with Crippen molar-refractivity contribution < 1.29 is 23.6 Å². The lowest BCUT2D eigenvalue weighted by Gasteiger charge is -2.31. The molecule has 3 heterocycles. The molecule has 2 aliphatic rings. The number of carbonyl (C=O) groups excluding carboxylic acids is 4. The molecule has 144 valence electrons. The highest BCUT2D eigenvalue weighted by Gasteiger charge is 2.30. The lowest BCUT2D eigenvalue weighted by Crippen LogP contribution is -2.44. The first-order valence-corrected chi connectivity index (χ1v) is 9.13. The molecule has 0 aliphatic carbocycles. The number of amides is 4. The van der Waals surface area contributed by atoms with E-state index in [0.717, 1.165) is 17.7 Å². The first-order valence-electron chi connectivity index (χ1n) is 9.13. The fraction of sp³-hybridized carbons (Fsp3) is 0.474. The van der Waals surface area contributed by atoms with Gasteiger partial charge < -0.3 is 14.6 Å². The van der Waals surface area contributed by atoms with E-state index in [4.69, 9.17) is 4.42 Å². The zero-order chi connectivity index (χ0) is 19.2. The summed E-state index contributed by atoms with van der Waals surface area (Å²) in [5, 5.41) is 2.79. The second-order valence-corrected chi connectivity index (χ2v) is 6.80. The van der Waals surface area contributed by atoms with Crippen molar-refractivity contribution in [1.82, 2.24) is 15.1 Å². The molecule has 2 fully saturated rings. The van der Waals surface area contributed by atoms with E-state index in [9.17, 15) is 19.2 Å². The average molecular weight is 373 g/mol. The lowest BCUT2D eigenvalue weighted by atomic mass is 9.96. The van der Waals surface area contributed by atoms with Crippen LogP contribution in [0.2, 0.25) is 0 Å². The first-order chi connectivity index (χ1) is 13.0. The zero-order valence-corrected chi connectivity index (χ0v) is 15.1. The molecule has 1 aromatic heterocycles. The van der Waals surface area contributed by atoms with Gasteiger partial charge in [0.05, 0.1) is 6.26 Å². The van der Waals surface area contributed by atoms with Gasteiger partial charge in [-0.05, 0) is 37.0 Å². The number of nitrogens with one attached hydrogen (secondary N) is 1. The third kappa shape index (κ3) is 5.06. The quantitative estimate of drug-likeness (QED) is 0.587. The predicted molar refractivity (Wildman–Crippen MR) is 96.0 cm³/mol. The Labute approximate surface area is 157 Å². The lowest BCUT2D eigenvalue weighted by molar-refractivity contribution is -0.142. The monoisotopic (exact) mass is 373 g/mol. The van der Waals surface area contributed by atoms with Crippen LogP contribution in [0.5, 0.6) is 0 Å². The van der Waals surface area contributed by atoms with Crippen molar-refractivity contribution >= 4 is 29.7 Å². The number of likely N-dealkylation sites (tertiary alicyclic amines) is 2. The summed E-state index contributed by atoms with van der Waals surface area (Å²) in [5.74, 6) is -0.0412. The summed E-state index contributed by atoms with van der Waals surface area (Å²) in [6.07, 6.45) is 6.67. The smallest absolute Gasteiger partial charge is 0.246 e. The van der Waals surface area contributed by atoms with Gasteiger partial charge in [0.15, 0.2) is 0 Å². The minimum absolute atomic E-state index is 0.0556. The Morgan fingerprint density at radius 3 is 2.52 bits per heavy atom. The fourth-order valence-corrected chi connectivity index (χ4v) is 3.26. The van der Waals surface area contributed by atoms with Gasteiger partial charge in [-0.1, -0.05) is 0 Å². The van der Waals surface area contributed by atoms with E-state index in [0.29, 0.717) is 25.4 Å². The number of nitrogens with zero attached hydrogens (tertiary/aromatic N) is 2. The van der Waals surface area contributed by atoms with Crippen LogP contribution < -0.4 is 5.32 Å². The van der Waals surface area contributed by atoms with Crippen molar-refractivity contribution in [3.8, 4) is 0 Å². The Balaban J connectivity index is 1.36. The molecular weight excluding hydrogens is 350 g/mol. The second kappa shape index (κ2) is 8.66. The van der Waals surface area contributed by atoms with Gasteiger partial charge in [-0.25, -0.2) is 0 Å². The molecule has 0 aromatic carbocycles. The molecule has 1 aromatic rings. The van der Waals surface area contributed by atoms with Crippen LogP contribution in [0.4, 0.5) is 0 Å². The highest BCUT2D eigenvalue weighted by atomic mass is 16.3. The minimum Gasteiger partial charge on any atom is -0.465 e. The normalized spacial score (nSPS) is 18.5. The molecule has 2 saturated heterocycles. The molecule has 2 aliphatic heterocycles. The van der Waals surface area contributed by atoms with Crippen LogP contribution in [0.1, 0.15) is 31.4 Å². The molecule has 0 atom stereocenters. The summed E-state index contributed by atoms with van der Waals surface area (Å²) >= 11 is 0. The first kappa shape index (κ1) is 18.9. The SMILES string of the molecule is O=C(CN1C(=O)CCC1=O)NCC1CCN(C(=O)C=Cc2ccco2)CC1. The van der Waals surface area contributed by atoms with E-state index in [2.05, 4.69) is 5.32 Å². The van der Waals surface area contributed by atoms with Crippen molar-refractivity contribution in [2.45, 2.75) is 25.7 Å². The maximum absolute atomic E-state index is 12.2. The van der Waals surface area contributed by atoms with E-state index < -0.39 is 0 Å². The van der Waals surface area contributed by atoms with E-state index in [1.54, 1.807) is 29.4 Å². The standard InChI is InChI=1S/C19H23N3O5/c23-16(13-22-18(25)5-6-19(22)26)20-12-14-7-9-21(10-8-14)17(24)4-3-15-2-1-11-27-15/h1-4,11,14H,5-10,12-13H2,(H,20,23). The molecule has 8 nitrogen and oxygen atoms in total. The van der Waals surface area contributed by atoms with Crippen LogP contribution in [0.15, 0.2) is 28.9 Å². The summed E-state index contributed by atoms with van der Waals surface area (Å²) in [4.78, 5) is 50.0. The Morgan fingerprint density at radius 2 is 1.89 bits per heavy atom. The second-order valence-electron chi connectivity index (χ2n) is 6.80. The molecule has 27 heavy (non-hydrogen) atoms. The van der Waals surface area contributed by atoms with Crippen molar-refractivity contribution in [1.29, 1.82) is 0 Å². The highest BCUT2D eigenvalue weighted by Crippen LogP contribution is 2.17. The summed E-state index contributed by atoms with van der Waals surface area (Å²) in [6, 6.07) is 3.54. The number of rotatable bonds is 6. The number of piperidine rings is 1. The molecule has 0 spiro atoms. The number of furan rings is 1. The van der Waals surface area contributed by atoms with Gasteiger partial charge in [0.2, 0.25) is 23.6 Å². The van der Waals surface area contributed by atoms with Crippen LogP contribution >= 0.6 is 0 Å². The number of imide groups is 1. The fourth-order valence-electron chi connectivity index (χ4n) is 3.26. The van der Waals surface area contributed by atoms with Gasteiger partial charge in [-0.15, -0.1) is 0 Å². The van der Waals surface area contributed by atoms with Gasteiger partial charge in [0.25, 0.3) is 0 Å². The molecule has 1 N–H and O–H groups in total. The highest BCUT2D eigenvalue weighted by molar-refractivity contribution is 6.04. The van der Waals surface area contributed by atoms with Crippen LogP contribution in [0.25, 0.3) is 6.08 Å². The van der Waals surface area contributed by atoms with Crippen LogP contribution in [0, 0.1) is 5.92 Å². The molecule has 0 bridgehead atoms. The molecule has 0 saturated carbocycles. The van der Waals surface area contributed by atoms with Crippen LogP contribution in [-0.4, -0.2) is 59.6 Å². The molecular formula is C19H23N3O5. The third-order valence-electron chi connectivity index (χ3n) is 4.90. The zero-order valence-electron chi connectivity index (χ0n) is 15.1. The maximum atomic E-state index is 12.2. The van der Waals surface area contributed by atoms with Gasteiger partial charge in [0, 0.05) is 38.6 Å². The predicted octanol–water partition coefficient (Wildman–Crippen LogP) is 0.797. The van der Waals surface area contributed by atoms with E-state index in [1.807, 2.05) is 0 Å². The summed E-state index contributed by atoms with van der Waals surface area (Å²) < 4.78 is 5.16. The van der Waals surface area contributed by atoms with Gasteiger partial charge in [-0.2, -0.15) is 0 Å². The summed E-state index contributed by atoms with van der Waals surface area (Å²) in [7, 11) is 0. The van der Waals surface area contributed by atoms with Crippen LogP contribution in [0.3, 0.4) is 0 Å². The van der Waals surface area contributed by atoms with E-state index in [1.165, 1.54) is 6.08 Å². The van der Waals surface area contributed by atoms with E-state index >= 15 is 0 Å². The summed E-state index contributed by atoms with van der Waals surface area (Å²) in [6.45, 7) is 1.54. The van der Waals surface area contributed by atoms with Gasteiger partial charge in [-0.3, -0.25) is 24.1 Å². The van der Waals surface area contributed by atoms with Crippen molar-refractivity contribution in [2.24, 2.45) is 5.92 Å². The summed E-state index contributed by atoms with van der Waals surface area (Å²) in [5.41, 5.74) is 0. The molecule has 8 heteroatoms. The number of hydrogen-bond acceptors (Lipinski definition) is 5. The Morgan fingerprint density at radius 1 is 1.19 bits per heavy atom. The Hall–Kier alpha value is -2.90. The maximum Gasteiger partial charge on any atom is 0.246 e. The molecule has 0 unspecified atom stereocenters. The number of carbonyl (C=O) groups is 4. The van der Waals surface area contributed by atoms with Crippen LogP contribution in [-0.2, 0) is 19.2 Å². The Kier molecular flexibility index (Phi) is 6.05. The molecule has 3 rings (SSSR count).